The van der Waals surface area contributed by atoms with Crippen LogP contribution in [-0.2, 0) is 4.74 Å². The third-order valence-corrected chi connectivity index (χ3v) is 3.73. The number of carbonyl (C=O) groups is 1. The lowest BCUT2D eigenvalue weighted by molar-refractivity contribution is 0.0240. The standard InChI is InChI=1S/C18H30N4O3/c1-17(2,3)25-16(23)22-10-8-21(9-11-22)15-7-6-14(12-19-15)20-13-18(4,5)24/h6-7,12,20,24H,8-11,13H2,1-5H3. The van der Waals surface area contributed by atoms with Gasteiger partial charge < -0.3 is 25.0 Å². The second-order valence-corrected chi connectivity index (χ2v) is 8.03. The van der Waals surface area contributed by atoms with Crippen molar-refractivity contribution in [1.29, 1.82) is 0 Å². The molecule has 0 spiro atoms. The van der Waals surface area contributed by atoms with Crippen molar-refractivity contribution in [1.82, 2.24) is 9.88 Å². The van der Waals surface area contributed by atoms with Crippen LogP contribution in [0.1, 0.15) is 34.6 Å². The highest BCUT2D eigenvalue weighted by Gasteiger charge is 2.26. The molecule has 25 heavy (non-hydrogen) atoms. The number of amides is 1. The van der Waals surface area contributed by atoms with Gasteiger partial charge in [-0.2, -0.15) is 0 Å². The fourth-order valence-corrected chi connectivity index (χ4v) is 2.44. The molecule has 1 aromatic heterocycles. The van der Waals surface area contributed by atoms with Gasteiger partial charge in [-0.25, -0.2) is 9.78 Å². The molecular weight excluding hydrogens is 320 g/mol. The molecule has 1 fully saturated rings. The van der Waals surface area contributed by atoms with Gasteiger partial charge in [0.1, 0.15) is 11.4 Å². The van der Waals surface area contributed by atoms with E-state index in [1.807, 2.05) is 32.9 Å². The lowest BCUT2D eigenvalue weighted by Gasteiger charge is -2.36. The summed E-state index contributed by atoms with van der Waals surface area (Å²) >= 11 is 0. The Bertz CT molecular complexity index is 567. The second kappa shape index (κ2) is 7.47. The van der Waals surface area contributed by atoms with E-state index in [1.165, 1.54) is 0 Å². The Kier molecular flexibility index (Phi) is 5.77. The maximum absolute atomic E-state index is 12.1. The number of aliphatic hydroxyl groups is 1. The van der Waals surface area contributed by atoms with E-state index in [0.717, 1.165) is 24.6 Å². The molecule has 1 aliphatic heterocycles. The number of aromatic nitrogens is 1. The minimum Gasteiger partial charge on any atom is -0.444 e. The van der Waals surface area contributed by atoms with E-state index >= 15 is 0 Å². The zero-order valence-corrected chi connectivity index (χ0v) is 15.9. The highest BCUT2D eigenvalue weighted by molar-refractivity contribution is 5.68. The molecule has 1 amide bonds. The van der Waals surface area contributed by atoms with E-state index in [9.17, 15) is 9.90 Å². The molecule has 0 bridgehead atoms. The summed E-state index contributed by atoms with van der Waals surface area (Å²) < 4.78 is 5.41. The van der Waals surface area contributed by atoms with Crippen LogP contribution in [-0.4, -0.2) is 65.0 Å². The van der Waals surface area contributed by atoms with Crippen LogP contribution in [0, 0.1) is 0 Å². The Labute approximate surface area is 150 Å². The molecule has 0 atom stereocenters. The first-order valence-electron chi connectivity index (χ1n) is 8.69. The lowest BCUT2D eigenvalue weighted by atomic mass is 10.1. The molecule has 0 unspecified atom stereocenters. The number of pyridine rings is 1. The van der Waals surface area contributed by atoms with E-state index in [4.69, 9.17) is 4.74 Å². The summed E-state index contributed by atoms with van der Waals surface area (Å²) in [6.07, 6.45) is 1.51. The summed E-state index contributed by atoms with van der Waals surface area (Å²) in [5, 5.41) is 12.9. The van der Waals surface area contributed by atoms with Gasteiger partial charge in [-0.15, -0.1) is 0 Å². The van der Waals surface area contributed by atoms with Crippen molar-refractivity contribution in [3.63, 3.8) is 0 Å². The fraction of sp³-hybridized carbons (Fsp3) is 0.667. The van der Waals surface area contributed by atoms with Crippen molar-refractivity contribution < 1.29 is 14.6 Å². The Morgan fingerprint density at radius 1 is 1.20 bits per heavy atom. The van der Waals surface area contributed by atoms with E-state index < -0.39 is 11.2 Å². The van der Waals surface area contributed by atoms with Gasteiger partial charge in [0, 0.05) is 32.7 Å². The van der Waals surface area contributed by atoms with Gasteiger partial charge in [-0.1, -0.05) is 0 Å². The molecule has 0 aromatic carbocycles. The normalized spacial score (nSPS) is 15.9. The van der Waals surface area contributed by atoms with Gasteiger partial charge in [-0.3, -0.25) is 0 Å². The Morgan fingerprint density at radius 3 is 2.32 bits per heavy atom. The molecule has 1 aromatic rings. The first kappa shape index (κ1) is 19.3. The highest BCUT2D eigenvalue weighted by atomic mass is 16.6. The first-order chi connectivity index (χ1) is 11.5. The predicted molar refractivity (Wildman–Crippen MR) is 99.0 cm³/mol. The molecule has 7 heteroatoms. The Balaban J connectivity index is 1.85. The van der Waals surface area contributed by atoms with Gasteiger partial charge in [0.25, 0.3) is 0 Å². The number of ether oxygens (including phenoxy) is 1. The molecule has 1 aliphatic rings. The Morgan fingerprint density at radius 2 is 1.84 bits per heavy atom. The molecule has 2 heterocycles. The molecule has 1 saturated heterocycles. The summed E-state index contributed by atoms with van der Waals surface area (Å²) in [4.78, 5) is 20.5. The molecule has 7 nitrogen and oxygen atoms in total. The van der Waals surface area contributed by atoms with Crippen LogP contribution in [0.25, 0.3) is 0 Å². The van der Waals surface area contributed by atoms with E-state index in [0.29, 0.717) is 19.6 Å². The molecule has 0 aliphatic carbocycles. The third-order valence-electron chi connectivity index (χ3n) is 3.73. The van der Waals surface area contributed by atoms with Crippen molar-refractivity contribution in [3.05, 3.63) is 18.3 Å². The van der Waals surface area contributed by atoms with Crippen LogP contribution in [0.5, 0.6) is 0 Å². The van der Waals surface area contributed by atoms with E-state index in [-0.39, 0.29) is 6.09 Å². The van der Waals surface area contributed by atoms with Crippen LogP contribution in [0.15, 0.2) is 18.3 Å². The largest absolute Gasteiger partial charge is 0.444 e. The Hall–Kier alpha value is -2.02. The summed E-state index contributed by atoms with van der Waals surface area (Å²) in [5.41, 5.74) is -0.364. The van der Waals surface area contributed by atoms with Crippen LogP contribution in [0.3, 0.4) is 0 Å². The van der Waals surface area contributed by atoms with Crippen molar-refractivity contribution in [2.75, 3.05) is 42.9 Å². The number of carbonyl (C=O) groups excluding carboxylic acids is 1. The number of piperazine rings is 1. The van der Waals surface area contributed by atoms with Gasteiger partial charge >= 0.3 is 6.09 Å². The maximum atomic E-state index is 12.1. The topological polar surface area (TPSA) is 77.9 Å². The van der Waals surface area contributed by atoms with Crippen molar-refractivity contribution in [2.45, 2.75) is 45.8 Å². The van der Waals surface area contributed by atoms with E-state index in [2.05, 4.69) is 15.2 Å². The lowest BCUT2D eigenvalue weighted by Crippen LogP contribution is -2.50. The number of nitrogens with one attached hydrogen (secondary N) is 1. The molecule has 2 rings (SSSR count). The second-order valence-electron chi connectivity index (χ2n) is 8.03. The molecule has 0 saturated carbocycles. The summed E-state index contributed by atoms with van der Waals surface area (Å²) in [5.74, 6) is 0.887. The monoisotopic (exact) mass is 350 g/mol. The minimum atomic E-state index is -0.767. The van der Waals surface area contributed by atoms with Gasteiger partial charge in [0.15, 0.2) is 0 Å². The molecule has 140 valence electrons. The summed E-state index contributed by atoms with van der Waals surface area (Å²) in [6.45, 7) is 12.3. The van der Waals surface area contributed by atoms with Crippen LogP contribution >= 0.6 is 0 Å². The average molecular weight is 350 g/mol. The van der Waals surface area contributed by atoms with Crippen molar-refractivity contribution in [2.24, 2.45) is 0 Å². The van der Waals surface area contributed by atoms with Gasteiger partial charge in [-0.05, 0) is 46.8 Å². The van der Waals surface area contributed by atoms with E-state index in [1.54, 1.807) is 24.9 Å². The zero-order valence-electron chi connectivity index (χ0n) is 15.9. The SMILES string of the molecule is CC(C)(O)CNc1ccc(N2CCN(C(=O)OC(C)(C)C)CC2)nc1. The fourth-order valence-electron chi connectivity index (χ4n) is 2.44. The number of hydrogen-bond acceptors (Lipinski definition) is 6. The van der Waals surface area contributed by atoms with Crippen LogP contribution in [0.2, 0.25) is 0 Å². The predicted octanol–water partition coefficient (Wildman–Crippen LogP) is 2.32. The van der Waals surface area contributed by atoms with Gasteiger partial charge in [0.2, 0.25) is 0 Å². The minimum absolute atomic E-state index is 0.258. The number of nitrogens with zero attached hydrogens (tertiary/aromatic N) is 3. The first-order valence-corrected chi connectivity index (χ1v) is 8.69. The van der Waals surface area contributed by atoms with Crippen molar-refractivity contribution in [3.8, 4) is 0 Å². The van der Waals surface area contributed by atoms with Crippen LogP contribution in [0.4, 0.5) is 16.3 Å². The highest BCUT2D eigenvalue weighted by Crippen LogP contribution is 2.18. The smallest absolute Gasteiger partial charge is 0.410 e. The van der Waals surface area contributed by atoms with Crippen LogP contribution < -0.4 is 10.2 Å². The quantitative estimate of drug-likeness (QED) is 0.868. The molecular formula is C18H30N4O3. The number of anilines is 2. The number of hydrogen-bond donors (Lipinski definition) is 2. The van der Waals surface area contributed by atoms with Gasteiger partial charge in [0.05, 0.1) is 17.5 Å². The number of rotatable bonds is 4. The zero-order chi connectivity index (χ0) is 18.7. The van der Waals surface area contributed by atoms with Crippen molar-refractivity contribution >= 4 is 17.6 Å². The summed E-state index contributed by atoms with van der Waals surface area (Å²) in [6, 6.07) is 3.91. The third kappa shape index (κ3) is 6.42. The molecule has 2 N–H and O–H groups in total. The summed E-state index contributed by atoms with van der Waals surface area (Å²) in [7, 11) is 0. The maximum Gasteiger partial charge on any atom is 0.410 e. The average Bonchev–Trinajstić information content (AvgIpc) is 2.51. The molecule has 0 radical (unpaired) electrons.